The third-order valence-electron chi connectivity index (χ3n) is 3.55. The molecule has 0 radical (unpaired) electrons. The molecule has 6 nitrogen and oxygen atoms in total. The van der Waals surface area contributed by atoms with E-state index in [1.165, 1.54) is 19.2 Å². The Morgan fingerprint density at radius 3 is 2.52 bits per heavy atom. The summed E-state index contributed by atoms with van der Waals surface area (Å²) in [6.45, 7) is 3.55. The van der Waals surface area contributed by atoms with Crippen LogP contribution in [0.2, 0.25) is 10.0 Å². The molecule has 0 spiro atoms. The number of ether oxygens (including phenoxy) is 3. The zero-order valence-electron chi connectivity index (χ0n) is 15.1. The van der Waals surface area contributed by atoms with Crippen LogP contribution in [0.25, 0.3) is 0 Å². The van der Waals surface area contributed by atoms with Crippen molar-refractivity contribution in [3.8, 4) is 11.5 Å². The van der Waals surface area contributed by atoms with Gasteiger partial charge in [-0.1, -0.05) is 23.2 Å². The summed E-state index contributed by atoms with van der Waals surface area (Å²) in [4.78, 5) is 24.3. The molecule has 0 saturated carbocycles. The van der Waals surface area contributed by atoms with E-state index < -0.39 is 18.5 Å². The first-order valence-electron chi connectivity index (χ1n) is 8.09. The number of anilines is 1. The SMILES string of the molecule is CCOc1c(Cl)cc(C(=O)OCC(=O)Nc2ccc(Cl)cc2C)cc1OC. The molecule has 27 heavy (non-hydrogen) atoms. The largest absolute Gasteiger partial charge is 0.493 e. The molecule has 0 fully saturated rings. The standard InChI is InChI=1S/C19H19Cl2NO5/c1-4-26-18-14(21)8-12(9-16(18)25-3)19(24)27-10-17(23)22-15-6-5-13(20)7-11(15)2/h5-9H,4,10H2,1-3H3,(H,22,23). The Hall–Kier alpha value is -2.44. The van der Waals surface area contributed by atoms with Crippen LogP contribution in [0, 0.1) is 6.92 Å². The number of benzene rings is 2. The maximum absolute atomic E-state index is 12.2. The fourth-order valence-corrected chi connectivity index (χ4v) is 2.78. The van der Waals surface area contributed by atoms with Crippen LogP contribution in [0.15, 0.2) is 30.3 Å². The molecule has 1 N–H and O–H groups in total. The fourth-order valence-electron chi connectivity index (χ4n) is 2.29. The molecule has 2 aromatic carbocycles. The van der Waals surface area contributed by atoms with Crippen molar-refractivity contribution in [2.75, 3.05) is 25.6 Å². The highest BCUT2D eigenvalue weighted by Crippen LogP contribution is 2.36. The third-order valence-corrected chi connectivity index (χ3v) is 4.07. The molecule has 0 aliphatic rings. The van der Waals surface area contributed by atoms with Gasteiger partial charge in [0, 0.05) is 10.7 Å². The molecule has 8 heteroatoms. The molecule has 144 valence electrons. The third kappa shape index (κ3) is 5.52. The second kappa shape index (κ2) is 9.48. The number of hydrogen-bond acceptors (Lipinski definition) is 5. The van der Waals surface area contributed by atoms with Crippen molar-refractivity contribution in [1.29, 1.82) is 0 Å². The van der Waals surface area contributed by atoms with Gasteiger partial charge < -0.3 is 19.5 Å². The van der Waals surface area contributed by atoms with E-state index >= 15 is 0 Å². The van der Waals surface area contributed by atoms with Gasteiger partial charge in [-0.2, -0.15) is 0 Å². The first kappa shape index (κ1) is 20.9. The number of methoxy groups -OCH3 is 1. The number of carbonyl (C=O) groups is 2. The number of hydrogen-bond donors (Lipinski definition) is 1. The maximum atomic E-state index is 12.2. The monoisotopic (exact) mass is 411 g/mol. The summed E-state index contributed by atoms with van der Waals surface area (Å²) in [5.74, 6) is -0.536. The van der Waals surface area contributed by atoms with Gasteiger partial charge >= 0.3 is 5.97 Å². The minimum absolute atomic E-state index is 0.149. The van der Waals surface area contributed by atoms with E-state index in [-0.39, 0.29) is 10.6 Å². The summed E-state index contributed by atoms with van der Waals surface area (Å²) >= 11 is 12.0. The van der Waals surface area contributed by atoms with Crippen LogP contribution in [0.1, 0.15) is 22.8 Å². The van der Waals surface area contributed by atoms with Gasteiger partial charge in [0.15, 0.2) is 18.1 Å². The van der Waals surface area contributed by atoms with Crippen molar-refractivity contribution >= 4 is 40.8 Å². The molecule has 0 aliphatic heterocycles. The zero-order valence-corrected chi connectivity index (χ0v) is 16.6. The quantitative estimate of drug-likeness (QED) is 0.678. The predicted molar refractivity (Wildman–Crippen MR) is 104 cm³/mol. The van der Waals surface area contributed by atoms with Gasteiger partial charge in [0.05, 0.1) is 24.3 Å². The van der Waals surface area contributed by atoms with Crippen LogP contribution in [0.3, 0.4) is 0 Å². The molecular formula is C19H19Cl2NO5. The van der Waals surface area contributed by atoms with Crippen molar-refractivity contribution in [3.05, 3.63) is 51.5 Å². The second-order valence-corrected chi connectivity index (χ2v) is 6.35. The maximum Gasteiger partial charge on any atom is 0.338 e. The average Bonchev–Trinajstić information content (AvgIpc) is 2.63. The Kier molecular flexibility index (Phi) is 7.33. The Balaban J connectivity index is 2.02. The van der Waals surface area contributed by atoms with Gasteiger partial charge in [0.25, 0.3) is 5.91 Å². The van der Waals surface area contributed by atoms with Crippen molar-refractivity contribution in [2.45, 2.75) is 13.8 Å². The second-order valence-electron chi connectivity index (χ2n) is 5.51. The van der Waals surface area contributed by atoms with Crippen LogP contribution in [-0.4, -0.2) is 32.2 Å². The van der Waals surface area contributed by atoms with Gasteiger partial charge in [-0.05, 0) is 49.7 Å². The Labute approximate surface area is 167 Å². The number of esters is 1. The average molecular weight is 412 g/mol. The van der Waals surface area contributed by atoms with Crippen molar-refractivity contribution in [1.82, 2.24) is 0 Å². The Morgan fingerprint density at radius 1 is 1.15 bits per heavy atom. The van der Waals surface area contributed by atoms with E-state index in [0.717, 1.165) is 5.56 Å². The highest BCUT2D eigenvalue weighted by Gasteiger charge is 2.17. The summed E-state index contributed by atoms with van der Waals surface area (Å²) in [6.07, 6.45) is 0. The molecule has 0 bridgehead atoms. The topological polar surface area (TPSA) is 73.9 Å². The lowest BCUT2D eigenvalue weighted by molar-refractivity contribution is -0.119. The lowest BCUT2D eigenvalue weighted by Crippen LogP contribution is -2.21. The van der Waals surface area contributed by atoms with Crippen LogP contribution < -0.4 is 14.8 Å². The molecule has 1 amide bonds. The molecule has 0 unspecified atom stereocenters. The van der Waals surface area contributed by atoms with E-state index in [4.69, 9.17) is 37.4 Å². The predicted octanol–water partition coefficient (Wildman–Crippen LogP) is 4.50. The first-order chi connectivity index (χ1) is 12.8. The van der Waals surface area contributed by atoms with E-state index in [2.05, 4.69) is 5.32 Å². The Bertz CT molecular complexity index is 854. The molecule has 0 aromatic heterocycles. The number of carbonyl (C=O) groups excluding carboxylic acids is 2. The van der Waals surface area contributed by atoms with Gasteiger partial charge in [0.1, 0.15) is 0 Å². The van der Waals surface area contributed by atoms with Crippen molar-refractivity contribution < 1.29 is 23.8 Å². The van der Waals surface area contributed by atoms with E-state index in [1.54, 1.807) is 25.1 Å². The zero-order chi connectivity index (χ0) is 20.0. The molecule has 0 aliphatic carbocycles. The number of rotatable bonds is 7. The normalized spacial score (nSPS) is 10.3. The summed E-state index contributed by atoms with van der Waals surface area (Å²) in [5, 5.41) is 3.44. The van der Waals surface area contributed by atoms with Crippen LogP contribution in [0.5, 0.6) is 11.5 Å². The molecule has 0 heterocycles. The lowest BCUT2D eigenvalue weighted by Gasteiger charge is -2.13. The Morgan fingerprint density at radius 2 is 1.89 bits per heavy atom. The molecule has 2 aromatic rings. The highest BCUT2D eigenvalue weighted by molar-refractivity contribution is 6.32. The highest BCUT2D eigenvalue weighted by atomic mass is 35.5. The van der Waals surface area contributed by atoms with Gasteiger partial charge in [-0.25, -0.2) is 4.79 Å². The lowest BCUT2D eigenvalue weighted by atomic mass is 10.2. The minimum Gasteiger partial charge on any atom is -0.493 e. The van der Waals surface area contributed by atoms with Crippen LogP contribution >= 0.6 is 23.2 Å². The number of amides is 1. The van der Waals surface area contributed by atoms with Crippen molar-refractivity contribution in [2.24, 2.45) is 0 Å². The summed E-state index contributed by atoms with van der Waals surface area (Å²) < 4.78 is 15.6. The van der Waals surface area contributed by atoms with E-state index in [1.807, 2.05) is 6.92 Å². The first-order valence-corrected chi connectivity index (χ1v) is 8.84. The van der Waals surface area contributed by atoms with E-state index in [0.29, 0.717) is 28.8 Å². The van der Waals surface area contributed by atoms with Crippen LogP contribution in [0.4, 0.5) is 5.69 Å². The summed E-state index contributed by atoms with van der Waals surface area (Å²) in [7, 11) is 1.44. The van der Waals surface area contributed by atoms with Gasteiger partial charge in [-0.3, -0.25) is 4.79 Å². The molecule has 0 atom stereocenters. The summed E-state index contributed by atoms with van der Waals surface area (Å²) in [5.41, 5.74) is 1.53. The van der Waals surface area contributed by atoms with Gasteiger partial charge in [0.2, 0.25) is 0 Å². The number of nitrogens with one attached hydrogen (secondary N) is 1. The molecule has 0 saturated heterocycles. The molecule has 2 rings (SSSR count). The fraction of sp³-hybridized carbons (Fsp3) is 0.263. The number of aryl methyl sites for hydroxylation is 1. The van der Waals surface area contributed by atoms with E-state index in [9.17, 15) is 9.59 Å². The van der Waals surface area contributed by atoms with Crippen LogP contribution in [-0.2, 0) is 9.53 Å². The molecular weight excluding hydrogens is 393 g/mol. The summed E-state index contributed by atoms with van der Waals surface area (Å²) in [6, 6.07) is 7.90. The number of halogens is 2. The van der Waals surface area contributed by atoms with Gasteiger partial charge in [-0.15, -0.1) is 0 Å². The minimum atomic E-state index is -0.707. The smallest absolute Gasteiger partial charge is 0.338 e. The van der Waals surface area contributed by atoms with Crippen molar-refractivity contribution in [3.63, 3.8) is 0 Å².